The average molecular weight is 200 g/mol. The van der Waals surface area contributed by atoms with Gasteiger partial charge in [0.2, 0.25) is 0 Å². The van der Waals surface area contributed by atoms with Gasteiger partial charge in [-0.2, -0.15) is 0 Å². The number of rotatable bonds is 7. The van der Waals surface area contributed by atoms with Gasteiger partial charge in [0, 0.05) is 25.7 Å². The third-order valence-corrected chi connectivity index (χ3v) is 2.66. The van der Waals surface area contributed by atoms with E-state index in [9.17, 15) is 0 Å². The molecule has 3 nitrogen and oxygen atoms in total. The number of hydrogen-bond acceptors (Lipinski definition) is 3. The Morgan fingerprint density at radius 2 is 2.36 bits per heavy atom. The highest BCUT2D eigenvalue weighted by Gasteiger charge is 2.15. The van der Waals surface area contributed by atoms with Gasteiger partial charge >= 0.3 is 0 Å². The van der Waals surface area contributed by atoms with Crippen LogP contribution in [0.5, 0.6) is 0 Å². The molecule has 2 atom stereocenters. The Bertz CT molecular complexity index is 135. The predicted molar refractivity (Wildman–Crippen MR) is 59.6 cm³/mol. The summed E-state index contributed by atoms with van der Waals surface area (Å²) in [6, 6.07) is 0.571. The molecule has 2 N–H and O–H groups in total. The molecule has 1 rings (SSSR count). The quantitative estimate of drug-likeness (QED) is 0.602. The van der Waals surface area contributed by atoms with Gasteiger partial charge in [-0.3, -0.25) is 0 Å². The van der Waals surface area contributed by atoms with Crippen molar-refractivity contribution in [3.63, 3.8) is 0 Å². The Labute approximate surface area is 87.6 Å². The highest BCUT2D eigenvalue weighted by atomic mass is 16.5. The molecule has 0 bridgehead atoms. The zero-order valence-corrected chi connectivity index (χ0v) is 9.51. The molecule has 1 aliphatic heterocycles. The van der Waals surface area contributed by atoms with E-state index >= 15 is 0 Å². The predicted octanol–water partition coefficient (Wildman–Crippen LogP) is 1.00. The lowest BCUT2D eigenvalue weighted by Gasteiger charge is -2.16. The standard InChI is InChI=1S/C11H24N2O/c1-3-5-12-7-10(2)13-8-11-4-6-14-9-11/h10-13H,3-9H2,1-2H3. The summed E-state index contributed by atoms with van der Waals surface area (Å²) < 4.78 is 5.33. The summed E-state index contributed by atoms with van der Waals surface area (Å²) in [6.45, 7) is 9.63. The minimum absolute atomic E-state index is 0.571. The van der Waals surface area contributed by atoms with Gasteiger partial charge in [-0.15, -0.1) is 0 Å². The maximum absolute atomic E-state index is 5.33. The lowest BCUT2D eigenvalue weighted by Crippen LogP contribution is -2.39. The third kappa shape index (κ3) is 4.94. The van der Waals surface area contributed by atoms with Crippen LogP contribution in [0.15, 0.2) is 0 Å². The van der Waals surface area contributed by atoms with Gasteiger partial charge in [0.1, 0.15) is 0 Å². The number of hydrogen-bond donors (Lipinski definition) is 2. The fourth-order valence-corrected chi connectivity index (χ4v) is 1.68. The van der Waals surface area contributed by atoms with Gasteiger partial charge in [0.25, 0.3) is 0 Å². The zero-order chi connectivity index (χ0) is 10.2. The molecule has 0 amide bonds. The van der Waals surface area contributed by atoms with Crippen LogP contribution in [0.1, 0.15) is 26.7 Å². The fraction of sp³-hybridized carbons (Fsp3) is 1.00. The van der Waals surface area contributed by atoms with E-state index in [1.54, 1.807) is 0 Å². The van der Waals surface area contributed by atoms with E-state index in [0.29, 0.717) is 6.04 Å². The summed E-state index contributed by atoms with van der Waals surface area (Å²) in [7, 11) is 0. The Morgan fingerprint density at radius 1 is 1.50 bits per heavy atom. The van der Waals surface area contributed by atoms with Crippen LogP contribution in [0.3, 0.4) is 0 Å². The van der Waals surface area contributed by atoms with Crippen LogP contribution in [-0.2, 0) is 4.74 Å². The molecule has 84 valence electrons. The Morgan fingerprint density at radius 3 is 3.00 bits per heavy atom. The third-order valence-electron chi connectivity index (χ3n) is 2.66. The van der Waals surface area contributed by atoms with Crippen LogP contribution in [0.25, 0.3) is 0 Å². The van der Waals surface area contributed by atoms with Crippen molar-refractivity contribution in [2.75, 3.05) is 32.8 Å². The van der Waals surface area contributed by atoms with E-state index < -0.39 is 0 Å². The molecular formula is C11H24N2O. The van der Waals surface area contributed by atoms with Gasteiger partial charge < -0.3 is 15.4 Å². The van der Waals surface area contributed by atoms with Crippen LogP contribution in [0.4, 0.5) is 0 Å². The second-order valence-electron chi connectivity index (χ2n) is 4.24. The molecule has 0 spiro atoms. The molecule has 0 aromatic heterocycles. The van der Waals surface area contributed by atoms with Gasteiger partial charge in [-0.05, 0) is 32.2 Å². The molecule has 1 heterocycles. The molecule has 14 heavy (non-hydrogen) atoms. The average Bonchev–Trinajstić information content (AvgIpc) is 2.68. The van der Waals surface area contributed by atoms with Gasteiger partial charge in [0.15, 0.2) is 0 Å². The van der Waals surface area contributed by atoms with Crippen LogP contribution in [0, 0.1) is 5.92 Å². The highest BCUT2D eigenvalue weighted by molar-refractivity contribution is 4.70. The second-order valence-corrected chi connectivity index (χ2v) is 4.24. The highest BCUT2D eigenvalue weighted by Crippen LogP contribution is 2.10. The minimum Gasteiger partial charge on any atom is -0.381 e. The molecule has 1 aliphatic rings. The normalized spacial score (nSPS) is 24.0. The zero-order valence-electron chi connectivity index (χ0n) is 9.51. The van der Waals surface area contributed by atoms with Gasteiger partial charge in [-0.25, -0.2) is 0 Å². The summed E-state index contributed by atoms with van der Waals surface area (Å²) in [4.78, 5) is 0. The van der Waals surface area contributed by atoms with Crippen LogP contribution in [-0.4, -0.2) is 38.9 Å². The Kier molecular flexibility index (Phi) is 6.15. The van der Waals surface area contributed by atoms with Crippen LogP contribution in [0.2, 0.25) is 0 Å². The van der Waals surface area contributed by atoms with Crippen LogP contribution >= 0.6 is 0 Å². The molecule has 0 saturated carbocycles. The van der Waals surface area contributed by atoms with Gasteiger partial charge in [-0.1, -0.05) is 6.92 Å². The first-order chi connectivity index (χ1) is 6.83. The Hall–Kier alpha value is -0.120. The molecular weight excluding hydrogens is 176 g/mol. The second kappa shape index (κ2) is 7.21. The number of ether oxygens (including phenoxy) is 1. The maximum atomic E-state index is 5.33. The van der Waals surface area contributed by atoms with Crippen molar-refractivity contribution in [2.45, 2.75) is 32.7 Å². The topological polar surface area (TPSA) is 33.3 Å². The number of nitrogens with one attached hydrogen (secondary N) is 2. The SMILES string of the molecule is CCCNCC(C)NCC1CCOC1. The van der Waals surface area contributed by atoms with Crippen molar-refractivity contribution in [3.05, 3.63) is 0 Å². The lowest BCUT2D eigenvalue weighted by molar-refractivity contribution is 0.184. The van der Waals surface area contributed by atoms with Crippen molar-refractivity contribution in [2.24, 2.45) is 5.92 Å². The van der Waals surface area contributed by atoms with E-state index in [2.05, 4.69) is 24.5 Å². The summed E-state index contributed by atoms with van der Waals surface area (Å²) >= 11 is 0. The van der Waals surface area contributed by atoms with E-state index in [-0.39, 0.29) is 0 Å². The van der Waals surface area contributed by atoms with Crippen molar-refractivity contribution in [1.29, 1.82) is 0 Å². The lowest BCUT2D eigenvalue weighted by atomic mass is 10.1. The van der Waals surface area contributed by atoms with Crippen molar-refractivity contribution >= 4 is 0 Å². The van der Waals surface area contributed by atoms with Crippen LogP contribution < -0.4 is 10.6 Å². The molecule has 3 heteroatoms. The smallest absolute Gasteiger partial charge is 0.0507 e. The van der Waals surface area contributed by atoms with Crippen molar-refractivity contribution in [3.8, 4) is 0 Å². The van der Waals surface area contributed by atoms with E-state index in [1.165, 1.54) is 12.8 Å². The first-order valence-corrected chi connectivity index (χ1v) is 5.84. The fourth-order valence-electron chi connectivity index (χ4n) is 1.68. The van der Waals surface area contributed by atoms with E-state index in [1.807, 2.05) is 0 Å². The maximum Gasteiger partial charge on any atom is 0.0507 e. The van der Waals surface area contributed by atoms with Crippen molar-refractivity contribution < 1.29 is 4.74 Å². The monoisotopic (exact) mass is 200 g/mol. The molecule has 0 aromatic rings. The first-order valence-electron chi connectivity index (χ1n) is 5.84. The molecule has 2 unspecified atom stereocenters. The molecule has 0 aliphatic carbocycles. The molecule has 1 saturated heterocycles. The molecule has 1 fully saturated rings. The first kappa shape index (κ1) is 12.0. The minimum atomic E-state index is 0.571. The van der Waals surface area contributed by atoms with E-state index in [0.717, 1.165) is 38.8 Å². The largest absolute Gasteiger partial charge is 0.381 e. The van der Waals surface area contributed by atoms with E-state index in [4.69, 9.17) is 4.74 Å². The summed E-state index contributed by atoms with van der Waals surface area (Å²) in [6.07, 6.45) is 2.44. The summed E-state index contributed by atoms with van der Waals surface area (Å²) in [5, 5.41) is 6.96. The summed E-state index contributed by atoms with van der Waals surface area (Å²) in [5.41, 5.74) is 0. The molecule has 0 radical (unpaired) electrons. The van der Waals surface area contributed by atoms with Crippen molar-refractivity contribution in [1.82, 2.24) is 10.6 Å². The van der Waals surface area contributed by atoms with Gasteiger partial charge in [0.05, 0.1) is 6.61 Å². The Balaban J connectivity index is 1.93. The summed E-state index contributed by atoms with van der Waals surface area (Å²) in [5.74, 6) is 0.739. The molecule has 0 aromatic carbocycles.